The van der Waals surface area contributed by atoms with Crippen molar-refractivity contribution in [3.63, 3.8) is 0 Å². The minimum absolute atomic E-state index is 0.0556. The Balaban J connectivity index is 2.09. The van der Waals surface area contributed by atoms with Crippen LogP contribution in [0.25, 0.3) is 0 Å². The lowest BCUT2D eigenvalue weighted by Gasteiger charge is -2.03. The molecule has 0 spiro atoms. The summed E-state index contributed by atoms with van der Waals surface area (Å²) in [5.41, 5.74) is 2.06. The zero-order valence-corrected chi connectivity index (χ0v) is 9.94. The van der Waals surface area contributed by atoms with Crippen LogP contribution in [0.1, 0.15) is 24.0 Å². The van der Waals surface area contributed by atoms with Gasteiger partial charge in [-0.15, -0.1) is 0 Å². The molecule has 17 heavy (non-hydrogen) atoms. The molecule has 0 atom stereocenters. The van der Waals surface area contributed by atoms with Crippen LogP contribution in [0.15, 0.2) is 41.2 Å². The molecule has 88 valence electrons. The molecule has 0 bridgehead atoms. The molecule has 0 aliphatic carbocycles. The number of aromatic nitrogens is 2. The maximum absolute atomic E-state index is 11.4. The second-order valence-electron chi connectivity index (χ2n) is 4.02. The Bertz CT molecular complexity index is 531. The van der Waals surface area contributed by atoms with Gasteiger partial charge in [0.2, 0.25) is 0 Å². The number of aromatic amines is 1. The number of hydrogen-bond donors (Lipinski definition) is 1. The summed E-state index contributed by atoms with van der Waals surface area (Å²) in [5.74, 6) is 0.776. The topological polar surface area (TPSA) is 45.8 Å². The molecule has 2 rings (SSSR count). The summed E-state index contributed by atoms with van der Waals surface area (Å²) >= 11 is 0. The van der Waals surface area contributed by atoms with E-state index in [4.69, 9.17) is 0 Å². The van der Waals surface area contributed by atoms with E-state index < -0.39 is 0 Å². The fourth-order valence-electron chi connectivity index (χ4n) is 1.77. The van der Waals surface area contributed by atoms with Gasteiger partial charge in [-0.25, -0.2) is 4.98 Å². The SMILES string of the molecule is CCc1cc(=O)[nH]c(CCc2ccccc2)n1. The smallest absolute Gasteiger partial charge is 0.251 e. The number of rotatable bonds is 4. The molecule has 1 aromatic carbocycles. The lowest BCUT2D eigenvalue weighted by molar-refractivity contribution is 0.821. The lowest BCUT2D eigenvalue weighted by atomic mass is 10.1. The highest BCUT2D eigenvalue weighted by Gasteiger charge is 2.00. The van der Waals surface area contributed by atoms with Crippen LogP contribution in [0.3, 0.4) is 0 Å². The maximum Gasteiger partial charge on any atom is 0.251 e. The fraction of sp³-hybridized carbons (Fsp3) is 0.286. The standard InChI is InChI=1S/C14H16N2O/c1-2-12-10-14(17)16-13(15-12)9-8-11-6-4-3-5-7-11/h3-7,10H,2,8-9H2,1H3,(H,15,16,17). The maximum atomic E-state index is 11.4. The first-order valence-electron chi connectivity index (χ1n) is 5.91. The molecule has 0 radical (unpaired) electrons. The van der Waals surface area contributed by atoms with Crippen molar-refractivity contribution < 1.29 is 0 Å². The molecule has 0 saturated carbocycles. The van der Waals surface area contributed by atoms with Gasteiger partial charge in [-0.2, -0.15) is 0 Å². The van der Waals surface area contributed by atoms with Crippen LogP contribution in [0, 0.1) is 0 Å². The molecule has 0 fully saturated rings. The molecule has 3 heteroatoms. The van der Waals surface area contributed by atoms with Gasteiger partial charge in [-0.1, -0.05) is 37.3 Å². The zero-order chi connectivity index (χ0) is 12.1. The molecule has 0 saturated heterocycles. The Morgan fingerprint density at radius 3 is 2.65 bits per heavy atom. The summed E-state index contributed by atoms with van der Waals surface area (Å²) in [6, 6.07) is 11.8. The summed E-state index contributed by atoms with van der Waals surface area (Å²) in [7, 11) is 0. The van der Waals surface area contributed by atoms with E-state index in [1.807, 2.05) is 25.1 Å². The second kappa shape index (κ2) is 5.43. The Labute approximate surface area is 101 Å². The van der Waals surface area contributed by atoms with Gasteiger partial charge >= 0.3 is 0 Å². The van der Waals surface area contributed by atoms with E-state index in [2.05, 4.69) is 22.1 Å². The van der Waals surface area contributed by atoms with Crippen molar-refractivity contribution in [1.82, 2.24) is 9.97 Å². The molecular weight excluding hydrogens is 212 g/mol. The van der Waals surface area contributed by atoms with Crippen LogP contribution < -0.4 is 5.56 Å². The number of aryl methyl sites for hydroxylation is 3. The third-order valence-electron chi connectivity index (χ3n) is 2.70. The molecule has 0 unspecified atom stereocenters. The van der Waals surface area contributed by atoms with Gasteiger partial charge in [0, 0.05) is 18.2 Å². The average molecular weight is 228 g/mol. The van der Waals surface area contributed by atoms with Gasteiger partial charge in [-0.3, -0.25) is 4.79 Å². The van der Waals surface area contributed by atoms with Crippen molar-refractivity contribution in [3.05, 3.63) is 63.8 Å². The number of hydrogen-bond acceptors (Lipinski definition) is 2. The highest BCUT2D eigenvalue weighted by atomic mass is 16.1. The largest absolute Gasteiger partial charge is 0.311 e. The number of benzene rings is 1. The quantitative estimate of drug-likeness (QED) is 0.871. The van der Waals surface area contributed by atoms with Crippen LogP contribution >= 0.6 is 0 Å². The molecule has 1 aromatic heterocycles. The first-order chi connectivity index (χ1) is 8.28. The van der Waals surface area contributed by atoms with Crippen molar-refractivity contribution >= 4 is 0 Å². The summed E-state index contributed by atoms with van der Waals surface area (Å²) in [6.45, 7) is 2.00. The van der Waals surface area contributed by atoms with Gasteiger partial charge in [0.15, 0.2) is 0 Å². The van der Waals surface area contributed by atoms with Crippen LogP contribution in [0.4, 0.5) is 0 Å². The molecule has 2 aromatic rings. The Kier molecular flexibility index (Phi) is 3.70. The van der Waals surface area contributed by atoms with Crippen LogP contribution in [-0.2, 0) is 19.3 Å². The van der Waals surface area contributed by atoms with Gasteiger partial charge in [0.05, 0.1) is 0 Å². The van der Waals surface area contributed by atoms with Crippen molar-refractivity contribution in [2.45, 2.75) is 26.2 Å². The predicted molar refractivity (Wildman–Crippen MR) is 68.1 cm³/mol. The molecule has 0 aliphatic heterocycles. The summed E-state index contributed by atoms with van der Waals surface area (Å²) < 4.78 is 0. The van der Waals surface area contributed by atoms with Crippen molar-refractivity contribution in [1.29, 1.82) is 0 Å². The van der Waals surface area contributed by atoms with E-state index in [1.165, 1.54) is 5.56 Å². The Hall–Kier alpha value is -1.90. The number of nitrogens with one attached hydrogen (secondary N) is 1. The molecular formula is C14H16N2O. The number of H-pyrrole nitrogens is 1. The molecule has 0 aliphatic rings. The normalized spacial score (nSPS) is 10.4. The summed E-state index contributed by atoms with van der Waals surface area (Å²) in [4.78, 5) is 18.6. The van der Waals surface area contributed by atoms with Gasteiger partial charge < -0.3 is 4.98 Å². The van der Waals surface area contributed by atoms with Crippen LogP contribution in [0.5, 0.6) is 0 Å². The molecule has 1 N–H and O–H groups in total. The highest BCUT2D eigenvalue weighted by Crippen LogP contribution is 2.03. The van der Waals surface area contributed by atoms with Gasteiger partial charge in [-0.05, 0) is 18.4 Å². The van der Waals surface area contributed by atoms with E-state index in [-0.39, 0.29) is 5.56 Å². The van der Waals surface area contributed by atoms with E-state index in [0.717, 1.165) is 30.8 Å². The lowest BCUT2D eigenvalue weighted by Crippen LogP contribution is -2.13. The zero-order valence-electron chi connectivity index (χ0n) is 9.94. The van der Waals surface area contributed by atoms with Crippen molar-refractivity contribution in [2.75, 3.05) is 0 Å². The highest BCUT2D eigenvalue weighted by molar-refractivity contribution is 5.15. The monoisotopic (exact) mass is 228 g/mol. The summed E-state index contributed by atoms with van der Waals surface area (Å²) in [5, 5.41) is 0. The average Bonchev–Trinajstić information content (AvgIpc) is 2.37. The minimum atomic E-state index is -0.0556. The first-order valence-corrected chi connectivity index (χ1v) is 5.91. The summed E-state index contributed by atoms with van der Waals surface area (Å²) in [6.07, 6.45) is 2.46. The van der Waals surface area contributed by atoms with Gasteiger partial charge in [0.1, 0.15) is 5.82 Å². The van der Waals surface area contributed by atoms with Crippen LogP contribution in [0.2, 0.25) is 0 Å². The fourth-order valence-corrected chi connectivity index (χ4v) is 1.77. The number of nitrogens with zero attached hydrogens (tertiary/aromatic N) is 1. The van der Waals surface area contributed by atoms with Crippen molar-refractivity contribution in [2.24, 2.45) is 0 Å². The van der Waals surface area contributed by atoms with Gasteiger partial charge in [0.25, 0.3) is 5.56 Å². The predicted octanol–water partition coefficient (Wildman–Crippen LogP) is 2.12. The molecule has 3 nitrogen and oxygen atoms in total. The van der Waals surface area contributed by atoms with E-state index in [9.17, 15) is 4.79 Å². The second-order valence-corrected chi connectivity index (χ2v) is 4.02. The molecule has 1 heterocycles. The van der Waals surface area contributed by atoms with Crippen molar-refractivity contribution in [3.8, 4) is 0 Å². The van der Waals surface area contributed by atoms with E-state index >= 15 is 0 Å². The molecule has 0 amide bonds. The third kappa shape index (κ3) is 3.28. The minimum Gasteiger partial charge on any atom is -0.311 e. The first kappa shape index (κ1) is 11.6. The van der Waals surface area contributed by atoms with E-state index in [1.54, 1.807) is 6.07 Å². The Morgan fingerprint density at radius 2 is 1.94 bits per heavy atom. The third-order valence-corrected chi connectivity index (χ3v) is 2.70. The van der Waals surface area contributed by atoms with Crippen LogP contribution in [-0.4, -0.2) is 9.97 Å². The Morgan fingerprint density at radius 1 is 1.18 bits per heavy atom. The van der Waals surface area contributed by atoms with E-state index in [0.29, 0.717) is 0 Å².